The first-order valence-electron chi connectivity index (χ1n) is 10.1. The Morgan fingerprint density at radius 2 is 1.62 bits per heavy atom. The molecule has 1 saturated carbocycles. The minimum absolute atomic E-state index is 0.125. The molecule has 2 aromatic heterocycles. The average molecular weight is 381 g/mol. The molecule has 1 aliphatic carbocycles. The lowest BCUT2D eigenvalue weighted by atomic mass is 9.88. The van der Waals surface area contributed by atoms with Crippen LogP contribution in [0.2, 0.25) is 0 Å². The van der Waals surface area contributed by atoms with Crippen molar-refractivity contribution in [2.75, 3.05) is 0 Å². The molecule has 0 amide bonds. The summed E-state index contributed by atoms with van der Waals surface area (Å²) >= 11 is 0. The highest BCUT2D eigenvalue weighted by molar-refractivity contribution is 5.91. The van der Waals surface area contributed by atoms with Crippen LogP contribution in [-0.2, 0) is 5.54 Å². The van der Waals surface area contributed by atoms with Gasteiger partial charge in [-0.3, -0.25) is 4.79 Å². The number of rotatable bonds is 3. The highest BCUT2D eigenvalue weighted by Gasteiger charge is 2.31. The van der Waals surface area contributed by atoms with Gasteiger partial charge in [-0.15, -0.1) is 0 Å². The molecule has 4 heteroatoms. The Labute approximate surface area is 169 Å². The van der Waals surface area contributed by atoms with Crippen LogP contribution in [0.5, 0.6) is 0 Å². The van der Waals surface area contributed by atoms with Gasteiger partial charge < -0.3 is 10.7 Å². The van der Waals surface area contributed by atoms with Gasteiger partial charge in [-0.25, -0.2) is 4.98 Å². The van der Waals surface area contributed by atoms with Crippen molar-refractivity contribution in [2.45, 2.75) is 31.2 Å². The van der Waals surface area contributed by atoms with Crippen molar-refractivity contribution in [1.82, 2.24) is 9.97 Å². The van der Waals surface area contributed by atoms with E-state index in [1.165, 1.54) is 18.4 Å². The molecule has 4 aromatic rings. The van der Waals surface area contributed by atoms with E-state index in [4.69, 9.17) is 10.7 Å². The van der Waals surface area contributed by atoms with Crippen LogP contribution in [-0.4, -0.2) is 9.97 Å². The van der Waals surface area contributed by atoms with Crippen LogP contribution in [0.1, 0.15) is 31.2 Å². The molecule has 0 saturated heterocycles. The van der Waals surface area contributed by atoms with Crippen LogP contribution in [0.15, 0.2) is 77.7 Å². The highest BCUT2D eigenvalue weighted by Crippen LogP contribution is 2.38. The molecule has 144 valence electrons. The predicted octanol–water partition coefficient (Wildman–Crippen LogP) is 4.99. The number of H-pyrrole nitrogens is 1. The molecule has 3 N–H and O–H groups in total. The minimum atomic E-state index is -0.203. The largest absolute Gasteiger partial charge is 0.328 e. The zero-order valence-corrected chi connectivity index (χ0v) is 16.2. The van der Waals surface area contributed by atoms with Gasteiger partial charge in [-0.05, 0) is 36.1 Å². The van der Waals surface area contributed by atoms with E-state index in [0.717, 1.165) is 35.2 Å². The van der Waals surface area contributed by atoms with Crippen LogP contribution in [0.25, 0.3) is 33.3 Å². The van der Waals surface area contributed by atoms with Gasteiger partial charge in [0.2, 0.25) is 0 Å². The van der Waals surface area contributed by atoms with E-state index in [2.05, 4.69) is 29.2 Å². The van der Waals surface area contributed by atoms with Gasteiger partial charge in [0.25, 0.3) is 5.56 Å². The molecule has 1 aliphatic rings. The second-order valence-electron chi connectivity index (χ2n) is 7.93. The number of nitrogens with one attached hydrogen (secondary N) is 1. The van der Waals surface area contributed by atoms with Crippen molar-refractivity contribution in [3.05, 3.63) is 88.8 Å². The fraction of sp³-hybridized carbons (Fsp3) is 0.200. The number of aromatic amines is 1. The molecule has 0 spiro atoms. The van der Waals surface area contributed by atoms with E-state index in [-0.39, 0.29) is 11.1 Å². The van der Waals surface area contributed by atoms with Gasteiger partial charge in [0, 0.05) is 22.9 Å². The number of fused-ring (bicyclic) bond motifs is 1. The maximum atomic E-state index is 12.3. The number of nitrogens with two attached hydrogens (primary N) is 1. The van der Waals surface area contributed by atoms with Crippen LogP contribution in [0.3, 0.4) is 0 Å². The Morgan fingerprint density at radius 3 is 2.34 bits per heavy atom. The molecule has 29 heavy (non-hydrogen) atoms. The summed E-state index contributed by atoms with van der Waals surface area (Å²) in [7, 11) is 0. The number of pyridine rings is 2. The summed E-state index contributed by atoms with van der Waals surface area (Å²) in [5.74, 6) is 0. The SMILES string of the molecule is NC1(c2ccc(-c3nc4cc[nH]c(=O)c4cc3-c3ccccc3)cc2)CCCC1. The van der Waals surface area contributed by atoms with E-state index in [9.17, 15) is 4.79 Å². The van der Waals surface area contributed by atoms with Crippen LogP contribution < -0.4 is 11.3 Å². The average Bonchev–Trinajstić information content (AvgIpc) is 3.22. The van der Waals surface area contributed by atoms with Crippen LogP contribution >= 0.6 is 0 Å². The fourth-order valence-corrected chi connectivity index (χ4v) is 4.42. The topological polar surface area (TPSA) is 71.8 Å². The van der Waals surface area contributed by atoms with Crippen molar-refractivity contribution in [3.8, 4) is 22.4 Å². The quantitative estimate of drug-likeness (QED) is 0.525. The Balaban J connectivity index is 1.68. The van der Waals surface area contributed by atoms with Crippen LogP contribution in [0, 0.1) is 0 Å². The Hall–Kier alpha value is -3.24. The lowest BCUT2D eigenvalue weighted by molar-refractivity contribution is 0.462. The third-order valence-electron chi connectivity index (χ3n) is 6.07. The molecule has 1 fully saturated rings. The second kappa shape index (κ2) is 6.98. The molecule has 4 nitrogen and oxygen atoms in total. The lowest BCUT2D eigenvalue weighted by Gasteiger charge is -2.24. The van der Waals surface area contributed by atoms with E-state index in [0.29, 0.717) is 10.9 Å². The molecule has 5 rings (SSSR count). The first kappa shape index (κ1) is 17.8. The smallest absolute Gasteiger partial charge is 0.257 e. The van der Waals surface area contributed by atoms with Gasteiger partial charge in [0.15, 0.2) is 0 Å². The molecule has 0 bridgehead atoms. The zero-order valence-electron chi connectivity index (χ0n) is 16.2. The molecule has 2 heterocycles. The normalized spacial score (nSPS) is 15.6. The van der Waals surface area contributed by atoms with Gasteiger partial charge >= 0.3 is 0 Å². The van der Waals surface area contributed by atoms with Gasteiger partial charge in [0.05, 0.1) is 16.6 Å². The van der Waals surface area contributed by atoms with Crippen LogP contribution in [0.4, 0.5) is 0 Å². The third kappa shape index (κ3) is 3.15. The Morgan fingerprint density at radius 1 is 0.897 bits per heavy atom. The first-order chi connectivity index (χ1) is 14.1. The second-order valence-corrected chi connectivity index (χ2v) is 7.93. The predicted molar refractivity (Wildman–Crippen MR) is 118 cm³/mol. The van der Waals surface area contributed by atoms with E-state index >= 15 is 0 Å². The number of nitrogens with zero attached hydrogens (tertiary/aromatic N) is 1. The monoisotopic (exact) mass is 381 g/mol. The summed E-state index contributed by atoms with van der Waals surface area (Å²) in [6.45, 7) is 0. The molecule has 0 unspecified atom stereocenters. The molecule has 0 atom stereocenters. The summed E-state index contributed by atoms with van der Waals surface area (Å²) < 4.78 is 0. The minimum Gasteiger partial charge on any atom is -0.328 e. The molecular formula is C25H23N3O. The summed E-state index contributed by atoms with van der Waals surface area (Å²) in [6.07, 6.45) is 6.11. The fourth-order valence-electron chi connectivity index (χ4n) is 4.42. The van der Waals surface area contributed by atoms with Crippen molar-refractivity contribution in [1.29, 1.82) is 0 Å². The summed E-state index contributed by atoms with van der Waals surface area (Å²) in [5, 5.41) is 0.596. The first-order valence-corrected chi connectivity index (χ1v) is 10.1. The summed E-state index contributed by atoms with van der Waals surface area (Å²) in [6, 6.07) is 22.4. The standard InChI is InChI=1S/C25H23N3O/c26-25(13-4-5-14-25)19-10-8-18(9-11-19)23-20(17-6-2-1-3-7-17)16-21-22(28-23)12-15-27-24(21)29/h1-3,6-12,15-16H,4-5,13-14,26H2,(H,27,29). The Kier molecular flexibility index (Phi) is 4.29. The summed E-state index contributed by atoms with van der Waals surface area (Å²) in [5.41, 5.74) is 12.1. The van der Waals surface area contributed by atoms with E-state index in [1.807, 2.05) is 42.5 Å². The molecule has 0 aliphatic heterocycles. The molecule has 2 aromatic carbocycles. The van der Waals surface area contributed by atoms with E-state index in [1.54, 1.807) is 6.20 Å². The van der Waals surface area contributed by atoms with Crippen molar-refractivity contribution in [2.24, 2.45) is 5.73 Å². The van der Waals surface area contributed by atoms with Crippen molar-refractivity contribution < 1.29 is 0 Å². The lowest BCUT2D eigenvalue weighted by Crippen LogP contribution is -2.32. The molecule has 0 radical (unpaired) electrons. The maximum absolute atomic E-state index is 12.3. The highest BCUT2D eigenvalue weighted by atomic mass is 16.1. The number of hydrogen-bond acceptors (Lipinski definition) is 3. The molecular weight excluding hydrogens is 358 g/mol. The number of hydrogen-bond donors (Lipinski definition) is 2. The maximum Gasteiger partial charge on any atom is 0.257 e. The van der Waals surface area contributed by atoms with Crippen molar-refractivity contribution >= 4 is 10.9 Å². The third-order valence-corrected chi connectivity index (χ3v) is 6.07. The van der Waals surface area contributed by atoms with Gasteiger partial charge in [-0.1, -0.05) is 67.4 Å². The van der Waals surface area contributed by atoms with Gasteiger partial charge in [0.1, 0.15) is 0 Å². The van der Waals surface area contributed by atoms with Crippen molar-refractivity contribution in [3.63, 3.8) is 0 Å². The Bertz CT molecular complexity index is 1220. The number of aromatic nitrogens is 2. The van der Waals surface area contributed by atoms with Gasteiger partial charge in [-0.2, -0.15) is 0 Å². The number of benzene rings is 2. The van der Waals surface area contributed by atoms with E-state index < -0.39 is 0 Å². The summed E-state index contributed by atoms with van der Waals surface area (Å²) in [4.78, 5) is 19.9. The zero-order chi connectivity index (χ0) is 19.8.